The molecule has 1 aliphatic rings. The first-order chi connectivity index (χ1) is 9.17. The number of hydrogen-bond donors (Lipinski definition) is 0. The minimum Gasteiger partial charge on any atom is -0.495 e. The Morgan fingerprint density at radius 3 is 2.53 bits per heavy atom. The zero-order valence-electron chi connectivity index (χ0n) is 11.4. The standard InChI is InChI=1S/C15H20BrClO2/c1-18-13-8-7-11(15(19-2)14(13)17)12(16)9-10-5-3-4-6-10/h7-8,10,12H,3-6,9H2,1-2H3. The van der Waals surface area contributed by atoms with Crippen LogP contribution in [0.5, 0.6) is 11.5 Å². The fourth-order valence-corrected chi connectivity index (χ4v) is 4.05. The average Bonchev–Trinajstić information content (AvgIpc) is 2.91. The molecule has 0 aromatic heterocycles. The van der Waals surface area contributed by atoms with E-state index >= 15 is 0 Å². The van der Waals surface area contributed by atoms with Crippen LogP contribution in [0.3, 0.4) is 0 Å². The third-order valence-corrected chi connectivity index (χ3v) is 5.09. The molecular weight excluding hydrogens is 328 g/mol. The Balaban J connectivity index is 2.20. The van der Waals surface area contributed by atoms with E-state index in [1.807, 2.05) is 12.1 Å². The van der Waals surface area contributed by atoms with Gasteiger partial charge in [-0.25, -0.2) is 0 Å². The van der Waals surface area contributed by atoms with Crippen molar-refractivity contribution in [1.29, 1.82) is 0 Å². The normalized spacial score (nSPS) is 17.5. The number of halogens is 2. The summed E-state index contributed by atoms with van der Waals surface area (Å²) >= 11 is 10.1. The maximum atomic E-state index is 6.30. The Labute approximate surface area is 128 Å². The SMILES string of the molecule is COc1ccc(C(Br)CC2CCCC2)c(OC)c1Cl. The van der Waals surface area contributed by atoms with Crippen molar-refractivity contribution in [3.63, 3.8) is 0 Å². The van der Waals surface area contributed by atoms with Crippen LogP contribution >= 0.6 is 27.5 Å². The first kappa shape index (κ1) is 15.0. The summed E-state index contributed by atoms with van der Waals surface area (Å²) in [6.07, 6.45) is 6.55. The molecule has 1 fully saturated rings. The molecule has 4 heteroatoms. The summed E-state index contributed by atoms with van der Waals surface area (Å²) in [7, 11) is 3.27. The summed E-state index contributed by atoms with van der Waals surface area (Å²) in [6, 6.07) is 3.95. The lowest BCUT2D eigenvalue weighted by Gasteiger charge is -2.19. The lowest BCUT2D eigenvalue weighted by atomic mass is 9.97. The maximum absolute atomic E-state index is 6.30. The van der Waals surface area contributed by atoms with Crippen molar-refractivity contribution in [3.8, 4) is 11.5 Å². The minimum absolute atomic E-state index is 0.286. The van der Waals surface area contributed by atoms with Gasteiger partial charge in [-0.05, 0) is 18.4 Å². The molecule has 106 valence electrons. The van der Waals surface area contributed by atoms with E-state index in [9.17, 15) is 0 Å². The van der Waals surface area contributed by atoms with Gasteiger partial charge in [-0.3, -0.25) is 0 Å². The van der Waals surface area contributed by atoms with E-state index in [0.717, 1.165) is 23.7 Å². The number of alkyl halides is 1. The summed E-state index contributed by atoms with van der Waals surface area (Å²) in [6.45, 7) is 0. The Bertz CT molecular complexity index is 430. The lowest BCUT2D eigenvalue weighted by Crippen LogP contribution is -2.02. The van der Waals surface area contributed by atoms with E-state index in [0.29, 0.717) is 10.8 Å². The van der Waals surface area contributed by atoms with E-state index in [4.69, 9.17) is 21.1 Å². The molecule has 1 aliphatic carbocycles. The van der Waals surface area contributed by atoms with E-state index in [-0.39, 0.29) is 4.83 Å². The average molecular weight is 348 g/mol. The molecule has 0 N–H and O–H groups in total. The summed E-state index contributed by atoms with van der Waals surface area (Å²) in [5.41, 5.74) is 1.11. The van der Waals surface area contributed by atoms with Crippen molar-refractivity contribution in [2.24, 2.45) is 5.92 Å². The fraction of sp³-hybridized carbons (Fsp3) is 0.600. The van der Waals surface area contributed by atoms with E-state index < -0.39 is 0 Å². The van der Waals surface area contributed by atoms with Crippen LogP contribution in [0.2, 0.25) is 5.02 Å². The van der Waals surface area contributed by atoms with Gasteiger partial charge in [0.05, 0.1) is 14.2 Å². The van der Waals surface area contributed by atoms with Crippen molar-refractivity contribution in [1.82, 2.24) is 0 Å². The van der Waals surface area contributed by atoms with Gasteiger partial charge in [0, 0.05) is 10.4 Å². The number of rotatable bonds is 5. The van der Waals surface area contributed by atoms with Crippen molar-refractivity contribution in [2.45, 2.75) is 36.9 Å². The fourth-order valence-electron chi connectivity index (χ4n) is 2.83. The number of ether oxygens (including phenoxy) is 2. The second kappa shape index (κ2) is 6.85. The second-order valence-corrected chi connectivity index (χ2v) is 6.54. The molecule has 1 aromatic carbocycles. The van der Waals surface area contributed by atoms with Crippen LogP contribution in [0.4, 0.5) is 0 Å². The maximum Gasteiger partial charge on any atom is 0.145 e. The van der Waals surface area contributed by atoms with E-state index in [1.54, 1.807) is 14.2 Å². The zero-order chi connectivity index (χ0) is 13.8. The zero-order valence-corrected chi connectivity index (χ0v) is 13.8. The van der Waals surface area contributed by atoms with Crippen LogP contribution in [0.1, 0.15) is 42.5 Å². The molecule has 0 saturated heterocycles. The number of benzene rings is 1. The van der Waals surface area contributed by atoms with Crippen LogP contribution in [0.25, 0.3) is 0 Å². The predicted molar refractivity (Wildman–Crippen MR) is 82.8 cm³/mol. The van der Waals surface area contributed by atoms with Crippen molar-refractivity contribution < 1.29 is 9.47 Å². The van der Waals surface area contributed by atoms with Gasteiger partial charge in [-0.2, -0.15) is 0 Å². The number of hydrogen-bond acceptors (Lipinski definition) is 2. The molecule has 0 heterocycles. The largest absolute Gasteiger partial charge is 0.495 e. The molecule has 1 unspecified atom stereocenters. The third kappa shape index (κ3) is 3.38. The summed E-state index contributed by atoms with van der Waals surface area (Å²) < 4.78 is 10.7. The topological polar surface area (TPSA) is 18.5 Å². The molecule has 19 heavy (non-hydrogen) atoms. The lowest BCUT2D eigenvalue weighted by molar-refractivity contribution is 0.389. The molecule has 0 radical (unpaired) electrons. The van der Waals surface area contributed by atoms with Crippen LogP contribution in [0, 0.1) is 5.92 Å². The van der Waals surface area contributed by atoms with Crippen molar-refractivity contribution in [2.75, 3.05) is 14.2 Å². The Hall–Kier alpha value is -0.410. The molecule has 1 saturated carbocycles. The first-order valence-corrected chi connectivity index (χ1v) is 8.01. The van der Waals surface area contributed by atoms with Crippen LogP contribution in [0.15, 0.2) is 12.1 Å². The first-order valence-electron chi connectivity index (χ1n) is 6.71. The van der Waals surface area contributed by atoms with Gasteiger partial charge in [0.15, 0.2) is 0 Å². The van der Waals surface area contributed by atoms with Crippen LogP contribution < -0.4 is 9.47 Å². The summed E-state index contributed by atoms with van der Waals surface area (Å²) in [5.74, 6) is 2.19. The molecule has 1 aromatic rings. The van der Waals surface area contributed by atoms with E-state index in [2.05, 4.69) is 15.9 Å². The molecule has 0 bridgehead atoms. The van der Waals surface area contributed by atoms with Gasteiger partial charge in [0.1, 0.15) is 16.5 Å². The molecule has 0 aliphatic heterocycles. The molecule has 1 atom stereocenters. The minimum atomic E-state index is 0.286. The predicted octanol–water partition coefficient (Wildman–Crippen LogP) is 5.37. The van der Waals surface area contributed by atoms with Gasteiger partial charge < -0.3 is 9.47 Å². The highest BCUT2D eigenvalue weighted by molar-refractivity contribution is 9.09. The number of methoxy groups -OCH3 is 2. The van der Waals surface area contributed by atoms with Crippen molar-refractivity contribution in [3.05, 3.63) is 22.7 Å². The Morgan fingerprint density at radius 2 is 1.95 bits per heavy atom. The van der Waals surface area contributed by atoms with Crippen molar-refractivity contribution >= 4 is 27.5 Å². The van der Waals surface area contributed by atoms with Crippen LogP contribution in [-0.2, 0) is 0 Å². The molecule has 0 spiro atoms. The molecule has 2 nitrogen and oxygen atoms in total. The monoisotopic (exact) mass is 346 g/mol. The van der Waals surface area contributed by atoms with Gasteiger partial charge in [-0.1, -0.05) is 59.3 Å². The smallest absolute Gasteiger partial charge is 0.145 e. The Kier molecular flexibility index (Phi) is 5.40. The van der Waals surface area contributed by atoms with Crippen LogP contribution in [-0.4, -0.2) is 14.2 Å². The quantitative estimate of drug-likeness (QED) is 0.666. The third-order valence-electron chi connectivity index (χ3n) is 3.87. The Morgan fingerprint density at radius 1 is 1.26 bits per heavy atom. The highest BCUT2D eigenvalue weighted by Gasteiger charge is 2.23. The summed E-state index contributed by atoms with van der Waals surface area (Å²) in [5, 5.41) is 0.554. The van der Waals surface area contributed by atoms with Gasteiger partial charge in [0.25, 0.3) is 0 Å². The van der Waals surface area contributed by atoms with Gasteiger partial charge >= 0.3 is 0 Å². The van der Waals surface area contributed by atoms with Gasteiger partial charge in [0.2, 0.25) is 0 Å². The highest BCUT2D eigenvalue weighted by Crippen LogP contribution is 2.45. The molecule has 0 amide bonds. The van der Waals surface area contributed by atoms with E-state index in [1.165, 1.54) is 25.7 Å². The molecule has 2 rings (SSSR count). The summed E-state index contributed by atoms with van der Waals surface area (Å²) in [4.78, 5) is 0.286. The van der Waals surface area contributed by atoms with Gasteiger partial charge in [-0.15, -0.1) is 0 Å². The molecular formula is C15H20BrClO2. The highest BCUT2D eigenvalue weighted by atomic mass is 79.9. The second-order valence-electron chi connectivity index (χ2n) is 5.06.